The first-order valence-corrected chi connectivity index (χ1v) is 13.0. The third kappa shape index (κ3) is 5.20. The summed E-state index contributed by atoms with van der Waals surface area (Å²) in [5.74, 6) is -0.201. The molecule has 0 radical (unpaired) electrons. The van der Waals surface area contributed by atoms with Gasteiger partial charge in [0.05, 0.1) is 33.3 Å². The van der Waals surface area contributed by atoms with Crippen LogP contribution in [0.3, 0.4) is 0 Å². The van der Waals surface area contributed by atoms with E-state index in [0.717, 1.165) is 49.7 Å². The Morgan fingerprint density at radius 1 is 1.14 bits per heavy atom. The second-order valence-electron chi connectivity index (χ2n) is 8.48. The molecule has 4 heterocycles. The van der Waals surface area contributed by atoms with Gasteiger partial charge in [0.2, 0.25) is 0 Å². The number of thiophene rings is 1. The van der Waals surface area contributed by atoms with Crippen molar-refractivity contribution in [3.05, 3.63) is 80.1 Å². The highest BCUT2D eigenvalue weighted by atomic mass is 35.5. The molecule has 5 rings (SSSR count). The van der Waals surface area contributed by atoms with Crippen LogP contribution in [-0.4, -0.2) is 63.5 Å². The minimum Gasteiger partial charge on any atom is -0.367 e. The molecule has 0 unspecified atom stereocenters. The van der Waals surface area contributed by atoms with E-state index in [-0.39, 0.29) is 18.0 Å². The fraction of sp³-hybridized carbons (Fsp3) is 0.280. The van der Waals surface area contributed by atoms with Gasteiger partial charge in [0.25, 0.3) is 11.5 Å². The van der Waals surface area contributed by atoms with Crippen molar-refractivity contribution in [2.45, 2.75) is 13.5 Å². The number of carbonyl (C=O) groups is 1. The Labute approximate surface area is 217 Å². The van der Waals surface area contributed by atoms with Gasteiger partial charge in [-0.3, -0.25) is 9.59 Å². The zero-order chi connectivity index (χ0) is 25.1. The second-order valence-corrected chi connectivity index (χ2v) is 10.2. The summed E-state index contributed by atoms with van der Waals surface area (Å²) in [6, 6.07) is 13.0. The van der Waals surface area contributed by atoms with Crippen molar-refractivity contribution < 1.29 is 4.79 Å². The van der Waals surface area contributed by atoms with Crippen LogP contribution in [0, 0.1) is 0 Å². The summed E-state index contributed by atoms with van der Waals surface area (Å²) in [6.07, 6.45) is 3.45. The van der Waals surface area contributed by atoms with Gasteiger partial charge in [0, 0.05) is 37.9 Å². The van der Waals surface area contributed by atoms with Crippen LogP contribution in [0.5, 0.6) is 0 Å². The number of amides is 1. The number of aromatic amines is 1. The molecular weight excluding hydrogens is 498 g/mol. The van der Waals surface area contributed by atoms with Crippen LogP contribution in [0.1, 0.15) is 22.3 Å². The normalized spacial score (nSPS) is 14.2. The zero-order valence-corrected chi connectivity index (χ0v) is 21.3. The second kappa shape index (κ2) is 10.7. The van der Waals surface area contributed by atoms with Crippen molar-refractivity contribution in [2.24, 2.45) is 0 Å². The number of aromatic nitrogens is 4. The van der Waals surface area contributed by atoms with Gasteiger partial charge in [-0.25, -0.2) is 4.68 Å². The fourth-order valence-corrected chi connectivity index (χ4v) is 5.24. The minimum atomic E-state index is -0.201. The first-order chi connectivity index (χ1) is 17.5. The largest absolute Gasteiger partial charge is 0.367 e. The molecule has 186 valence electrons. The summed E-state index contributed by atoms with van der Waals surface area (Å²) in [5.41, 5.74) is 3.82. The number of anilines is 1. The number of benzene rings is 1. The molecule has 0 aliphatic carbocycles. The lowest BCUT2D eigenvalue weighted by Gasteiger charge is -2.36. The predicted octanol–water partition coefficient (Wildman–Crippen LogP) is 3.41. The third-order valence-corrected chi connectivity index (χ3v) is 7.51. The molecule has 1 saturated heterocycles. The SMILES string of the molecule is CCN1CCN(c2cc(-c3ccc[nH]c3=O)ccc2-n2cc(CNC(=O)c3ccc(Cl)s3)nn2)CC1. The summed E-state index contributed by atoms with van der Waals surface area (Å²) in [4.78, 5) is 32.8. The molecule has 0 spiro atoms. The highest BCUT2D eigenvalue weighted by Gasteiger charge is 2.21. The average molecular weight is 524 g/mol. The van der Waals surface area contributed by atoms with E-state index in [2.05, 4.69) is 37.3 Å². The van der Waals surface area contributed by atoms with E-state index < -0.39 is 0 Å². The predicted molar refractivity (Wildman–Crippen MR) is 142 cm³/mol. The van der Waals surface area contributed by atoms with Crippen molar-refractivity contribution in [3.8, 4) is 16.8 Å². The van der Waals surface area contributed by atoms with Crippen molar-refractivity contribution in [1.82, 2.24) is 30.2 Å². The lowest BCUT2D eigenvalue weighted by molar-refractivity contribution is 0.0954. The van der Waals surface area contributed by atoms with Crippen molar-refractivity contribution in [1.29, 1.82) is 0 Å². The van der Waals surface area contributed by atoms with Gasteiger partial charge in [-0.2, -0.15) is 0 Å². The molecule has 1 amide bonds. The zero-order valence-electron chi connectivity index (χ0n) is 19.8. The van der Waals surface area contributed by atoms with E-state index in [1.165, 1.54) is 11.3 Å². The van der Waals surface area contributed by atoms with Crippen molar-refractivity contribution in [3.63, 3.8) is 0 Å². The molecule has 9 nitrogen and oxygen atoms in total. The number of nitrogens with one attached hydrogen (secondary N) is 2. The van der Waals surface area contributed by atoms with Crippen molar-refractivity contribution >= 4 is 34.5 Å². The Balaban J connectivity index is 1.42. The number of pyridine rings is 1. The minimum absolute atomic E-state index is 0.127. The van der Waals surface area contributed by atoms with E-state index >= 15 is 0 Å². The summed E-state index contributed by atoms with van der Waals surface area (Å²) in [7, 11) is 0. The summed E-state index contributed by atoms with van der Waals surface area (Å²) in [5, 5.41) is 11.5. The number of likely N-dealkylation sites (N-methyl/N-ethyl adjacent to an activating group) is 1. The molecule has 3 aromatic heterocycles. The average Bonchev–Trinajstić information content (AvgIpc) is 3.56. The maximum absolute atomic E-state index is 12.4. The lowest BCUT2D eigenvalue weighted by atomic mass is 10.0. The topological polar surface area (TPSA) is 99.2 Å². The number of hydrogen-bond donors (Lipinski definition) is 2. The van der Waals surface area contributed by atoms with E-state index in [9.17, 15) is 9.59 Å². The number of piperazine rings is 1. The number of hydrogen-bond acceptors (Lipinski definition) is 7. The van der Waals surface area contributed by atoms with Gasteiger partial charge in [0.15, 0.2) is 0 Å². The van der Waals surface area contributed by atoms with Gasteiger partial charge in [-0.1, -0.05) is 29.8 Å². The molecule has 4 aromatic rings. The Bertz CT molecular complexity index is 1420. The van der Waals surface area contributed by atoms with E-state index in [1.54, 1.807) is 23.0 Å². The third-order valence-electron chi connectivity index (χ3n) is 6.28. The molecule has 36 heavy (non-hydrogen) atoms. The Morgan fingerprint density at radius 2 is 1.97 bits per heavy atom. The molecule has 0 bridgehead atoms. The van der Waals surface area contributed by atoms with Gasteiger partial charge >= 0.3 is 0 Å². The number of halogens is 1. The van der Waals surface area contributed by atoms with Gasteiger partial charge in [-0.15, -0.1) is 16.4 Å². The molecule has 1 aliphatic heterocycles. The molecule has 0 atom stereocenters. The number of nitrogens with zero attached hydrogens (tertiary/aromatic N) is 5. The number of H-pyrrole nitrogens is 1. The highest BCUT2D eigenvalue weighted by Crippen LogP contribution is 2.30. The Kier molecular flexibility index (Phi) is 7.17. The Morgan fingerprint density at radius 3 is 2.69 bits per heavy atom. The lowest BCUT2D eigenvalue weighted by Crippen LogP contribution is -2.46. The van der Waals surface area contributed by atoms with Crippen LogP contribution in [0.15, 0.2) is 59.7 Å². The van der Waals surface area contributed by atoms with Crippen molar-refractivity contribution in [2.75, 3.05) is 37.6 Å². The van der Waals surface area contributed by atoms with Crippen LogP contribution in [0.2, 0.25) is 4.34 Å². The molecule has 1 fully saturated rings. The number of rotatable bonds is 7. The monoisotopic (exact) mass is 523 g/mol. The maximum Gasteiger partial charge on any atom is 0.261 e. The first-order valence-electron chi connectivity index (χ1n) is 11.8. The van der Waals surface area contributed by atoms with Gasteiger partial charge in [-0.05, 0) is 48.5 Å². The molecule has 0 saturated carbocycles. The van der Waals surface area contributed by atoms with E-state index in [4.69, 9.17) is 11.6 Å². The highest BCUT2D eigenvalue weighted by molar-refractivity contribution is 7.17. The quantitative estimate of drug-likeness (QED) is 0.385. The number of carbonyl (C=O) groups excluding carboxylic acids is 1. The molecule has 2 N–H and O–H groups in total. The van der Waals surface area contributed by atoms with Crippen LogP contribution in [0.25, 0.3) is 16.8 Å². The summed E-state index contributed by atoms with van der Waals surface area (Å²) >= 11 is 7.17. The maximum atomic E-state index is 12.4. The molecular formula is C25H26ClN7O2S. The van der Waals surface area contributed by atoms with Crippen LogP contribution < -0.4 is 15.8 Å². The molecule has 11 heteroatoms. The Hall–Kier alpha value is -3.47. The smallest absolute Gasteiger partial charge is 0.261 e. The van der Waals surface area contributed by atoms with E-state index in [1.807, 2.05) is 36.5 Å². The van der Waals surface area contributed by atoms with Crippen LogP contribution in [0.4, 0.5) is 5.69 Å². The standard InChI is InChI=1S/C25H26ClN7O2S/c1-2-31-10-12-32(13-11-31)21-14-17(19-4-3-9-27-24(19)34)5-6-20(21)33-16-18(29-30-33)15-28-25(35)22-7-8-23(26)36-22/h3-9,14,16H,2,10-13,15H2,1H3,(H,27,34)(H,28,35). The molecule has 1 aromatic carbocycles. The fourth-order valence-electron chi connectivity index (χ4n) is 4.28. The van der Waals surface area contributed by atoms with Crippen LogP contribution in [-0.2, 0) is 6.54 Å². The molecule has 1 aliphatic rings. The van der Waals surface area contributed by atoms with Gasteiger partial charge in [0.1, 0.15) is 5.69 Å². The summed E-state index contributed by atoms with van der Waals surface area (Å²) in [6.45, 7) is 7.12. The summed E-state index contributed by atoms with van der Waals surface area (Å²) < 4.78 is 2.30. The van der Waals surface area contributed by atoms with Crippen LogP contribution >= 0.6 is 22.9 Å². The first kappa shape index (κ1) is 24.2. The van der Waals surface area contributed by atoms with Gasteiger partial charge < -0.3 is 20.1 Å². The van der Waals surface area contributed by atoms with E-state index in [0.29, 0.717) is 20.5 Å².